The van der Waals surface area contributed by atoms with Gasteiger partial charge in [-0.1, -0.05) is 15.9 Å². The van der Waals surface area contributed by atoms with Gasteiger partial charge in [-0.2, -0.15) is 0 Å². The third kappa shape index (κ3) is 1.87. The minimum Gasteiger partial charge on any atom is -0.440 e. The van der Waals surface area contributed by atoms with E-state index in [-0.39, 0.29) is 0 Å². The molecule has 84 valence electrons. The van der Waals surface area contributed by atoms with E-state index in [1.165, 1.54) is 0 Å². The first-order valence-corrected chi connectivity index (χ1v) is 6.26. The van der Waals surface area contributed by atoms with E-state index in [2.05, 4.69) is 20.9 Å². The molecule has 1 fully saturated rings. The van der Waals surface area contributed by atoms with Crippen molar-refractivity contribution in [2.75, 3.05) is 13.2 Å². The van der Waals surface area contributed by atoms with Crippen LogP contribution in [0.3, 0.4) is 0 Å². The smallest absolute Gasteiger partial charge is 0.198 e. The van der Waals surface area contributed by atoms with Crippen LogP contribution in [0.15, 0.2) is 27.1 Å². The normalized spacial score (nSPS) is 18.1. The Labute approximate surface area is 102 Å². The molecule has 0 bridgehead atoms. The summed E-state index contributed by atoms with van der Waals surface area (Å²) in [5, 5.41) is 0. The number of ether oxygens (including phenoxy) is 1. The molecule has 0 amide bonds. The van der Waals surface area contributed by atoms with Gasteiger partial charge in [0.15, 0.2) is 11.5 Å². The summed E-state index contributed by atoms with van der Waals surface area (Å²) in [7, 11) is 0. The van der Waals surface area contributed by atoms with Crippen molar-refractivity contribution in [3.05, 3.63) is 28.6 Å². The van der Waals surface area contributed by atoms with Gasteiger partial charge in [0.25, 0.3) is 0 Å². The quantitative estimate of drug-likeness (QED) is 0.803. The predicted molar refractivity (Wildman–Crippen MR) is 64.5 cm³/mol. The summed E-state index contributed by atoms with van der Waals surface area (Å²) in [6.07, 6.45) is 2.02. The van der Waals surface area contributed by atoms with Crippen LogP contribution in [0.25, 0.3) is 11.1 Å². The lowest BCUT2D eigenvalue weighted by atomic mass is 10.0. The summed E-state index contributed by atoms with van der Waals surface area (Å²) in [6, 6.07) is 5.93. The molecule has 2 aromatic rings. The second kappa shape index (κ2) is 4.18. The largest absolute Gasteiger partial charge is 0.440 e. The molecule has 1 aliphatic rings. The molecule has 0 N–H and O–H groups in total. The standard InChI is InChI=1S/C12H12BrNO2/c13-9-1-2-10-11(7-9)16-12(14-10)8-3-5-15-6-4-8/h1-2,7-8H,3-6H2. The number of halogens is 1. The Bertz CT molecular complexity index is 503. The highest BCUT2D eigenvalue weighted by molar-refractivity contribution is 9.10. The van der Waals surface area contributed by atoms with Crippen molar-refractivity contribution in [3.63, 3.8) is 0 Å². The molecule has 0 saturated carbocycles. The van der Waals surface area contributed by atoms with Crippen molar-refractivity contribution in [1.82, 2.24) is 4.98 Å². The van der Waals surface area contributed by atoms with Gasteiger partial charge in [-0.3, -0.25) is 0 Å². The molecular formula is C12H12BrNO2. The maximum Gasteiger partial charge on any atom is 0.198 e. The zero-order valence-corrected chi connectivity index (χ0v) is 10.4. The van der Waals surface area contributed by atoms with Gasteiger partial charge in [0, 0.05) is 23.6 Å². The van der Waals surface area contributed by atoms with Gasteiger partial charge in [0.05, 0.1) is 0 Å². The molecule has 0 aliphatic carbocycles. The van der Waals surface area contributed by atoms with Crippen LogP contribution in [0.2, 0.25) is 0 Å². The minimum atomic E-state index is 0.417. The number of fused-ring (bicyclic) bond motifs is 1. The van der Waals surface area contributed by atoms with Crippen LogP contribution in [0.4, 0.5) is 0 Å². The monoisotopic (exact) mass is 281 g/mol. The predicted octanol–water partition coefficient (Wildman–Crippen LogP) is 3.48. The Hall–Kier alpha value is -0.870. The first-order valence-electron chi connectivity index (χ1n) is 5.46. The van der Waals surface area contributed by atoms with Crippen LogP contribution >= 0.6 is 15.9 Å². The lowest BCUT2D eigenvalue weighted by Gasteiger charge is -2.18. The van der Waals surface area contributed by atoms with Crippen molar-refractivity contribution in [3.8, 4) is 0 Å². The Morgan fingerprint density at radius 1 is 1.25 bits per heavy atom. The zero-order valence-electron chi connectivity index (χ0n) is 8.78. The molecule has 1 saturated heterocycles. The van der Waals surface area contributed by atoms with Gasteiger partial charge >= 0.3 is 0 Å². The Morgan fingerprint density at radius 3 is 2.88 bits per heavy atom. The summed E-state index contributed by atoms with van der Waals surface area (Å²) >= 11 is 3.43. The van der Waals surface area contributed by atoms with E-state index >= 15 is 0 Å². The Morgan fingerprint density at radius 2 is 2.06 bits per heavy atom. The second-order valence-electron chi connectivity index (χ2n) is 4.05. The fourth-order valence-electron chi connectivity index (χ4n) is 2.04. The maximum atomic E-state index is 5.79. The molecular weight excluding hydrogens is 270 g/mol. The fraction of sp³-hybridized carbons (Fsp3) is 0.417. The summed E-state index contributed by atoms with van der Waals surface area (Å²) in [4.78, 5) is 4.53. The molecule has 0 spiro atoms. The summed E-state index contributed by atoms with van der Waals surface area (Å²) in [5.41, 5.74) is 1.79. The lowest BCUT2D eigenvalue weighted by Crippen LogP contribution is -2.14. The molecule has 1 aliphatic heterocycles. The Kier molecular flexibility index (Phi) is 2.69. The van der Waals surface area contributed by atoms with Crippen molar-refractivity contribution in [1.29, 1.82) is 0 Å². The number of rotatable bonds is 1. The second-order valence-corrected chi connectivity index (χ2v) is 4.97. The summed E-state index contributed by atoms with van der Waals surface area (Å²) < 4.78 is 12.2. The van der Waals surface area contributed by atoms with E-state index in [1.807, 2.05) is 18.2 Å². The SMILES string of the molecule is Brc1ccc2nc(C3CCOCC3)oc2c1. The molecule has 4 heteroatoms. The van der Waals surface area contributed by atoms with Gasteiger partial charge < -0.3 is 9.15 Å². The minimum absolute atomic E-state index is 0.417. The Balaban J connectivity index is 1.97. The van der Waals surface area contributed by atoms with Crippen LogP contribution in [-0.2, 0) is 4.74 Å². The number of nitrogens with zero attached hydrogens (tertiary/aromatic N) is 1. The van der Waals surface area contributed by atoms with Gasteiger partial charge in [-0.05, 0) is 31.0 Å². The first-order chi connectivity index (χ1) is 7.83. The van der Waals surface area contributed by atoms with Crippen LogP contribution in [0, 0.1) is 0 Å². The van der Waals surface area contributed by atoms with Crippen molar-refractivity contribution in [2.24, 2.45) is 0 Å². The summed E-state index contributed by atoms with van der Waals surface area (Å²) in [5.74, 6) is 1.27. The third-order valence-electron chi connectivity index (χ3n) is 2.94. The van der Waals surface area contributed by atoms with E-state index in [9.17, 15) is 0 Å². The van der Waals surface area contributed by atoms with Crippen LogP contribution in [-0.4, -0.2) is 18.2 Å². The number of benzene rings is 1. The molecule has 0 unspecified atom stereocenters. The van der Waals surface area contributed by atoms with E-state index in [0.29, 0.717) is 5.92 Å². The molecule has 2 heterocycles. The van der Waals surface area contributed by atoms with E-state index in [1.54, 1.807) is 0 Å². The maximum absolute atomic E-state index is 5.79. The molecule has 0 radical (unpaired) electrons. The number of aromatic nitrogens is 1. The zero-order chi connectivity index (χ0) is 11.0. The number of hydrogen-bond acceptors (Lipinski definition) is 3. The van der Waals surface area contributed by atoms with Gasteiger partial charge in [-0.15, -0.1) is 0 Å². The third-order valence-corrected chi connectivity index (χ3v) is 3.43. The molecule has 16 heavy (non-hydrogen) atoms. The van der Waals surface area contributed by atoms with E-state index in [0.717, 1.165) is 47.5 Å². The molecule has 1 aromatic carbocycles. The van der Waals surface area contributed by atoms with Crippen molar-refractivity contribution in [2.45, 2.75) is 18.8 Å². The van der Waals surface area contributed by atoms with Crippen LogP contribution in [0.1, 0.15) is 24.7 Å². The molecule has 3 rings (SSSR count). The fourth-order valence-corrected chi connectivity index (χ4v) is 2.38. The molecule has 0 atom stereocenters. The number of hydrogen-bond donors (Lipinski definition) is 0. The van der Waals surface area contributed by atoms with E-state index < -0.39 is 0 Å². The topological polar surface area (TPSA) is 35.3 Å². The average molecular weight is 282 g/mol. The first kappa shape index (κ1) is 10.3. The van der Waals surface area contributed by atoms with Crippen molar-refractivity contribution < 1.29 is 9.15 Å². The van der Waals surface area contributed by atoms with Gasteiger partial charge in [-0.25, -0.2) is 4.98 Å². The van der Waals surface area contributed by atoms with Crippen molar-refractivity contribution >= 4 is 27.0 Å². The average Bonchev–Trinajstić information content (AvgIpc) is 2.73. The lowest BCUT2D eigenvalue weighted by molar-refractivity contribution is 0.0798. The summed E-state index contributed by atoms with van der Waals surface area (Å²) in [6.45, 7) is 1.63. The highest BCUT2D eigenvalue weighted by Gasteiger charge is 2.21. The van der Waals surface area contributed by atoms with Gasteiger partial charge in [0.1, 0.15) is 5.52 Å². The van der Waals surface area contributed by atoms with Crippen LogP contribution < -0.4 is 0 Å². The van der Waals surface area contributed by atoms with Crippen LogP contribution in [0.5, 0.6) is 0 Å². The van der Waals surface area contributed by atoms with Gasteiger partial charge in [0.2, 0.25) is 0 Å². The highest BCUT2D eigenvalue weighted by Crippen LogP contribution is 2.29. The number of oxazole rings is 1. The van der Waals surface area contributed by atoms with E-state index in [4.69, 9.17) is 9.15 Å². The molecule has 1 aromatic heterocycles. The molecule has 3 nitrogen and oxygen atoms in total. The highest BCUT2D eigenvalue weighted by atomic mass is 79.9.